The second-order valence-corrected chi connectivity index (χ2v) is 11.4. The van der Waals surface area contributed by atoms with E-state index in [1.54, 1.807) is 11.9 Å². The van der Waals surface area contributed by atoms with Gasteiger partial charge in [-0.15, -0.1) is 0 Å². The summed E-state index contributed by atoms with van der Waals surface area (Å²) >= 11 is 0. The molecule has 1 aliphatic rings. The van der Waals surface area contributed by atoms with E-state index in [4.69, 9.17) is 15.2 Å². The van der Waals surface area contributed by atoms with Gasteiger partial charge >= 0.3 is 12.1 Å². The Kier molecular flexibility index (Phi) is 9.74. The molecule has 2 aromatic rings. The number of likely N-dealkylation sites (N-methyl/N-ethyl adjacent to an activating group) is 1. The zero-order valence-corrected chi connectivity index (χ0v) is 23.1. The molecule has 0 saturated carbocycles. The van der Waals surface area contributed by atoms with Gasteiger partial charge in [0.25, 0.3) is 0 Å². The first kappa shape index (κ1) is 28.7. The fourth-order valence-corrected chi connectivity index (χ4v) is 5.10. The highest BCUT2D eigenvalue weighted by atomic mass is 16.6. The van der Waals surface area contributed by atoms with Crippen LogP contribution in [0.2, 0.25) is 0 Å². The van der Waals surface area contributed by atoms with Crippen LogP contribution in [0.4, 0.5) is 4.79 Å². The number of amides is 1. The summed E-state index contributed by atoms with van der Waals surface area (Å²) in [4.78, 5) is 30.4. The van der Waals surface area contributed by atoms with Crippen LogP contribution in [0.1, 0.15) is 58.6 Å². The van der Waals surface area contributed by atoms with E-state index in [2.05, 4.69) is 18.7 Å². The van der Waals surface area contributed by atoms with Crippen molar-refractivity contribution in [2.24, 2.45) is 11.7 Å². The molecule has 0 unspecified atom stereocenters. The van der Waals surface area contributed by atoms with Crippen molar-refractivity contribution in [2.45, 2.75) is 90.4 Å². The Morgan fingerprint density at radius 2 is 1.59 bits per heavy atom. The van der Waals surface area contributed by atoms with E-state index >= 15 is 0 Å². The van der Waals surface area contributed by atoms with E-state index in [1.165, 1.54) is 0 Å². The lowest BCUT2D eigenvalue weighted by atomic mass is 9.93. The van der Waals surface area contributed by atoms with Gasteiger partial charge in [0, 0.05) is 25.7 Å². The first-order valence-electron chi connectivity index (χ1n) is 13.2. The molecule has 1 saturated heterocycles. The number of carbonyl (C=O) groups excluding carboxylic acids is 2. The van der Waals surface area contributed by atoms with Crippen LogP contribution in [0.3, 0.4) is 0 Å². The molecule has 0 aliphatic carbocycles. The summed E-state index contributed by atoms with van der Waals surface area (Å²) in [6.45, 7) is 10.6. The van der Waals surface area contributed by atoms with Crippen LogP contribution in [-0.2, 0) is 27.4 Å². The third kappa shape index (κ3) is 8.04. The number of ether oxygens (including phenoxy) is 2. The molecule has 1 amide bonds. The van der Waals surface area contributed by atoms with E-state index in [-0.39, 0.29) is 30.7 Å². The maximum absolute atomic E-state index is 13.5. The molecule has 2 aromatic carbocycles. The lowest BCUT2D eigenvalue weighted by molar-refractivity contribution is -0.161. The molecule has 1 heterocycles. The van der Waals surface area contributed by atoms with Crippen LogP contribution in [0, 0.1) is 5.92 Å². The Hall–Kier alpha value is -2.90. The van der Waals surface area contributed by atoms with Crippen molar-refractivity contribution in [3.63, 3.8) is 0 Å². The number of hydrogen-bond acceptors (Lipinski definition) is 6. The predicted molar refractivity (Wildman–Crippen MR) is 146 cm³/mol. The zero-order chi connectivity index (χ0) is 27.2. The largest absolute Gasteiger partial charge is 0.459 e. The Morgan fingerprint density at radius 3 is 2.14 bits per heavy atom. The predicted octanol–water partition coefficient (Wildman–Crippen LogP) is 4.98. The van der Waals surface area contributed by atoms with Gasteiger partial charge in [-0.25, -0.2) is 4.79 Å². The molecule has 1 fully saturated rings. The van der Waals surface area contributed by atoms with Gasteiger partial charge in [-0.3, -0.25) is 9.69 Å². The molecular formula is C30H43N3O4. The van der Waals surface area contributed by atoms with E-state index in [9.17, 15) is 9.59 Å². The summed E-state index contributed by atoms with van der Waals surface area (Å²) in [5.41, 5.74) is 8.21. The quantitative estimate of drug-likeness (QED) is 0.480. The number of hydrogen-bond donors (Lipinski definition) is 1. The summed E-state index contributed by atoms with van der Waals surface area (Å²) < 4.78 is 11.5. The van der Waals surface area contributed by atoms with Gasteiger partial charge < -0.3 is 20.1 Å². The Morgan fingerprint density at radius 1 is 1.03 bits per heavy atom. The normalized spacial score (nSPS) is 21.0. The Bertz CT molecular complexity index is 1010. The monoisotopic (exact) mass is 509 g/mol. The van der Waals surface area contributed by atoms with E-state index < -0.39 is 17.7 Å². The number of carbonyl (C=O) groups is 2. The average molecular weight is 510 g/mol. The van der Waals surface area contributed by atoms with Gasteiger partial charge in [0.2, 0.25) is 0 Å². The third-order valence-corrected chi connectivity index (χ3v) is 6.70. The molecule has 7 nitrogen and oxygen atoms in total. The van der Waals surface area contributed by atoms with Crippen molar-refractivity contribution in [3.8, 4) is 0 Å². The third-order valence-electron chi connectivity index (χ3n) is 6.70. The molecule has 0 spiro atoms. The number of likely N-dealkylation sites (tertiary alicyclic amines) is 1. The van der Waals surface area contributed by atoms with E-state index in [1.807, 2.05) is 81.4 Å². The minimum absolute atomic E-state index is 0.183. The number of rotatable bonds is 9. The van der Waals surface area contributed by atoms with Crippen LogP contribution >= 0.6 is 0 Å². The highest BCUT2D eigenvalue weighted by molar-refractivity contribution is 5.77. The number of nitrogens with zero attached hydrogens (tertiary/aromatic N) is 2. The number of benzene rings is 2. The minimum Gasteiger partial charge on any atom is -0.459 e. The SMILES string of the molecule is CC(C)C[C@H](N)[C@H]1[C@H](N(C)C(=O)OCc2ccccc2)C[C@H](C(=O)OC(C)(C)C)N1Cc1ccccc1. The summed E-state index contributed by atoms with van der Waals surface area (Å²) in [7, 11) is 1.74. The van der Waals surface area contributed by atoms with Gasteiger partial charge in [0.15, 0.2) is 0 Å². The van der Waals surface area contributed by atoms with E-state index in [0.29, 0.717) is 18.9 Å². The molecule has 7 heteroatoms. The van der Waals surface area contributed by atoms with Crippen molar-refractivity contribution in [3.05, 3.63) is 71.8 Å². The second-order valence-electron chi connectivity index (χ2n) is 11.4. The summed E-state index contributed by atoms with van der Waals surface area (Å²) in [5, 5.41) is 0. The van der Waals surface area contributed by atoms with Gasteiger partial charge in [-0.2, -0.15) is 0 Å². The molecule has 1 aliphatic heterocycles. The highest BCUT2D eigenvalue weighted by Gasteiger charge is 2.50. The molecule has 37 heavy (non-hydrogen) atoms. The zero-order valence-electron chi connectivity index (χ0n) is 23.1. The minimum atomic E-state index is -0.621. The Labute approximate surface area is 221 Å². The smallest absolute Gasteiger partial charge is 0.410 e. The van der Waals surface area contributed by atoms with Gasteiger partial charge in [-0.05, 0) is 50.7 Å². The fourth-order valence-electron chi connectivity index (χ4n) is 5.10. The lowest BCUT2D eigenvalue weighted by Gasteiger charge is -2.38. The van der Waals surface area contributed by atoms with Gasteiger partial charge in [0.1, 0.15) is 18.2 Å². The first-order valence-corrected chi connectivity index (χ1v) is 13.2. The fraction of sp³-hybridized carbons (Fsp3) is 0.533. The van der Waals surface area contributed by atoms with E-state index in [0.717, 1.165) is 17.5 Å². The van der Waals surface area contributed by atoms with Crippen LogP contribution in [0.15, 0.2) is 60.7 Å². The molecule has 2 N–H and O–H groups in total. The van der Waals surface area contributed by atoms with Crippen LogP contribution in [-0.4, -0.2) is 58.7 Å². The number of esters is 1. The first-order chi connectivity index (χ1) is 17.5. The van der Waals surface area contributed by atoms with Crippen molar-refractivity contribution >= 4 is 12.1 Å². The summed E-state index contributed by atoms with van der Waals surface area (Å²) in [5.74, 6) is 0.0730. The molecule has 0 radical (unpaired) electrons. The van der Waals surface area contributed by atoms with Crippen molar-refractivity contribution in [1.82, 2.24) is 9.80 Å². The molecular weight excluding hydrogens is 466 g/mol. The van der Waals surface area contributed by atoms with Gasteiger partial charge in [0.05, 0.1) is 6.04 Å². The second kappa shape index (κ2) is 12.6. The maximum Gasteiger partial charge on any atom is 0.410 e. The highest BCUT2D eigenvalue weighted by Crippen LogP contribution is 2.34. The summed E-state index contributed by atoms with van der Waals surface area (Å²) in [6, 6.07) is 18.3. The standard InChI is InChI=1S/C30H43N3O4/c1-21(2)17-24(31)27-25(32(6)29(35)36-20-23-15-11-8-12-16-23)18-26(28(34)37-30(3,4)5)33(27)19-22-13-9-7-10-14-22/h7-16,21,24-27H,17-20,31H2,1-6H3/t24-,25+,26+,27-/m0/s1. The van der Waals surface area contributed by atoms with Crippen LogP contribution in [0.5, 0.6) is 0 Å². The molecule has 0 aromatic heterocycles. The molecule has 3 rings (SSSR count). The van der Waals surface area contributed by atoms with Crippen molar-refractivity contribution in [1.29, 1.82) is 0 Å². The van der Waals surface area contributed by atoms with Crippen LogP contribution in [0.25, 0.3) is 0 Å². The molecule has 0 bridgehead atoms. The van der Waals surface area contributed by atoms with Gasteiger partial charge in [-0.1, -0.05) is 74.5 Å². The van der Waals surface area contributed by atoms with Crippen LogP contribution < -0.4 is 5.73 Å². The average Bonchev–Trinajstić information content (AvgIpc) is 3.21. The molecule has 202 valence electrons. The number of nitrogens with two attached hydrogens (primary N) is 1. The maximum atomic E-state index is 13.5. The van der Waals surface area contributed by atoms with Crippen molar-refractivity contribution in [2.75, 3.05) is 7.05 Å². The summed E-state index contributed by atoms with van der Waals surface area (Å²) in [6.07, 6.45) is 0.760. The van der Waals surface area contributed by atoms with Crippen molar-refractivity contribution < 1.29 is 19.1 Å². The lowest BCUT2D eigenvalue weighted by Crippen LogP contribution is -2.56. The Balaban J connectivity index is 1.91. The topological polar surface area (TPSA) is 85.1 Å². The molecule has 4 atom stereocenters.